The molecule has 5 rings (SSSR count). The molecule has 8 nitrogen and oxygen atoms in total. The summed E-state index contributed by atoms with van der Waals surface area (Å²) in [7, 11) is 2.10. The van der Waals surface area contributed by atoms with E-state index in [1.807, 2.05) is 36.4 Å². The summed E-state index contributed by atoms with van der Waals surface area (Å²) in [4.78, 5) is 27.8. The highest BCUT2D eigenvalue weighted by Crippen LogP contribution is 2.46. The molecule has 0 bridgehead atoms. The van der Waals surface area contributed by atoms with Crippen molar-refractivity contribution in [3.63, 3.8) is 0 Å². The van der Waals surface area contributed by atoms with Gasteiger partial charge in [0.1, 0.15) is 12.1 Å². The molecule has 1 spiro atoms. The maximum absolute atomic E-state index is 12.9. The predicted octanol–water partition coefficient (Wildman–Crippen LogP) is 2.20. The molecule has 0 aliphatic carbocycles. The first-order chi connectivity index (χ1) is 17.5. The SMILES string of the molecule is CN1CCC2(CC1)C(=O)Nc1ccc(-c3ccc(C[C@@H](C#N)NC(=O)[C@@H]4CNCCCO4)cc3)cc12. The van der Waals surface area contributed by atoms with Crippen molar-refractivity contribution in [1.82, 2.24) is 15.5 Å². The van der Waals surface area contributed by atoms with Crippen molar-refractivity contribution in [2.24, 2.45) is 0 Å². The van der Waals surface area contributed by atoms with Crippen LogP contribution < -0.4 is 16.0 Å². The molecule has 3 aliphatic heterocycles. The van der Waals surface area contributed by atoms with Crippen LogP contribution in [0.2, 0.25) is 0 Å². The van der Waals surface area contributed by atoms with Crippen molar-refractivity contribution in [3.8, 4) is 17.2 Å². The number of rotatable bonds is 5. The standard InChI is InChI=1S/C28H33N5O3/c1-33-12-9-28(10-13-33)23-16-21(7-8-24(23)32-27(28)35)20-5-3-19(4-6-20)15-22(17-29)31-26(34)25-18-30-11-2-14-36-25/h3-8,16,22,25,30H,2,9-15,18H2,1H3,(H,31,34)(H,32,35)/t22-,25-/m0/s1. The summed E-state index contributed by atoms with van der Waals surface area (Å²) < 4.78 is 5.60. The Morgan fingerprint density at radius 3 is 2.72 bits per heavy atom. The topological polar surface area (TPSA) is 106 Å². The third-order valence-corrected chi connectivity index (χ3v) is 7.70. The highest BCUT2D eigenvalue weighted by molar-refractivity contribution is 6.06. The number of nitrogens with one attached hydrogen (secondary N) is 3. The molecule has 2 aromatic carbocycles. The number of carbonyl (C=O) groups excluding carboxylic acids is 2. The summed E-state index contributed by atoms with van der Waals surface area (Å²) in [6.07, 6.45) is 2.37. The Balaban J connectivity index is 1.27. The molecule has 3 heterocycles. The summed E-state index contributed by atoms with van der Waals surface area (Å²) in [6, 6.07) is 15.9. The fraction of sp³-hybridized carbons (Fsp3) is 0.464. The number of nitrogens with zero attached hydrogens (tertiary/aromatic N) is 2. The van der Waals surface area contributed by atoms with Gasteiger partial charge >= 0.3 is 0 Å². The molecule has 0 saturated carbocycles. The van der Waals surface area contributed by atoms with Gasteiger partial charge in [-0.2, -0.15) is 5.26 Å². The summed E-state index contributed by atoms with van der Waals surface area (Å²) in [5, 5.41) is 18.7. The molecule has 0 aromatic heterocycles. The number of ether oxygens (including phenoxy) is 1. The summed E-state index contributed by atoms with van der Waals surface area (Å²) in [5.41, 5.74) is 4.68. The highest BCUT2D eigenvalue weighted by Gasteiger charge is 2.48. The second kappa shape index (κ2) is 10.4. The predicted molar refractivity (Wildman–Crippen MR) is 137 cm³/mol. The number of anilines is 1. The minimum Gasteiger partial charge on any atom is -0.367 e. The van der Waals surface area contributed by atoms with Crippen LogP contribution in [0, 0.1) is 11.3 Å². The number of likely N-dealkylation sites (tertiary alicyclic amines) is 1. The van der Waals surface area contributed by atoms with E-state index in [1.165, 1.54) is 0 Å². The van der Waals surface area contributed by atoms with Crippen LogP contribution in [0.5, 0.6) is 0 Å². The average Bonchev–Trinajstić information content (AvgIpc) is 3.05. The largest absolute Gasteiger partial charge is 0.367 e. The highest BCUT2D eigenvalue weighted by atomic mass is 16.5. The van der Waals surface area contributed by atoms with E-state index in [0.29, 0.717) is 19.6 Å². The van der Waals surface area contributed by atoms with Crippen molar-refractivity contribution in [2.45, 2.75) is 43.2 Å². The molecule has 0 radical (unpaired) electrons. The molecule has 0 unspecified atom stereocenters. The Bertz CT molecular complexity index is 1160. The van der Waals surface area contributed by atoms with Crippen molar-refractivity contribution < 1.29 is 14.3 Å². The van der Waals surface area contributed by atoms with E-state index in [4.69, 9.17) is 4.74 Å². The summed E-state index contributed by atoms with van der Waals surface area (Å²) >= 11 is 0. The summed E-state index contributed by atoms with van der Waals surface area (Å²) in [5.74, 6) is -0.135. The number of hydrogen-bond donors (Lipinski definition) is 3. The van der Waals surface area contributed by atoms with E-state index < -0.39 is 17.6 Å². The van der Waals surface area contributed by atoms with E-state index >= 15 is 0 Å². The smallest absolute Gasteiger partial charge is 0.251 e. The zero-order valence-corrected chi connectivity index (χ0v) is 20.7. The second-order valence-corrected chi connectivity index (χ2v) is 10.1. The van der Waals surface area contributed by atoms with Crippen molar-refractivity contribution in [1.29, 1.82) is 5.26 Å². The molecule has 2 atom stereocenters. The van der Waals surface area contributed by atoms with Crippen molar-refractivity contribution in [3.05, 3.63) is 53.6 Å². The third-order valence-electron chi connectivity index (χ3n) is 7.70. The number of piperidine rings is 1. The van der Waals surface area contributed by atoms with Crippen LogP contribution in [0.15, 0.2) is 42.5 Å². The van der Waals surface area contributed by atoms with Gasteiger partial charge in [-0.25, -0.2) is 0 Å². The number of benzene rings is 2. The van der Waals surface area contributed by atoms with Crippen LogP contribution in [0.1, 0.15) is 30.4 Å². The van der Waals surface area contributed by atoms with E-state index in [1.54, 1.807) is 0 Å². The number of carbonyl (C=O) groups is 2. The van der Waals surface area contributed by atoms with Crippen molar-refractivity contribution >= 4 is 17.5 Å². The molecule has 2 aromatic rings. The van der Waals surface area contributed by atoms with E-state index in [0.717, 1.165) is 66.8 Å². The van der Waals surface area contributed by atoms with E-state index in [-0.39, 0.29) is 11.8 Å². The van der Waals surface area contributed by atoms with Crippen LogP contribution in [0.3, 0.4) is 0 Å². The number of hydrogen-bond acceptors (Lipinski definition) is 6. The minimum absolute atomic E-state index is 0.118. The molecule has 2 fully saturated rings. The number of fused-ring (bicyclic) bond motifs is 2. The zero-order chi connectivity index (χ0) is 25.1. The molecule has 188 valence electrons. The molecule has 8 heteroatoms. The van der Waals surface area contributed by atoms with Gasteiger partial charge in [0.2, 0.25) is 5.91 Å². The van der Waals surface area contributed by atoms with E-state index in [2.05, 4.69) is 40.0 Å². The Morgan fingerprint density at radius 2 is 1.97 bits per heavy atom. The maximum atomic E-state index is 12.9. The van der Waals surface area contributed by atoms with Gasteiger partial charge in [0, 0.05) is 25.3 Å². The lowest BCUT2D eigenvalue weighted by Gasteiger charge is -2.36. The molecule has 36 heavy (non-hydrogen) atoms. The Hall–Kier alpha value is -3.25. The lowest BCUT2D eigenvalue weighted by molar-refractivity contribution is -0.132. The zero-order valence-electron chi connectivity index (χ0n) is 20.7. The molecule has 3 aliphatic rings. The van der Waals surface area contributed by atoms with Gasteiger partial charge in [0.15, 0.2) is 0 Å². The van der Waals surface area contributed by atoms with Gasteiger partial charge in [0.05, 0.1) is 11.5 Å². The van der Waals surface area contributed by atoms with Crippen molar-refractivity contribution in [2.75, 3.05) is 45.2 Å². The van der Waals surface area contributed by atoms with Gasteiger partial charge in [-0.15, -0.1) is 0 Å². The fourth-order valence-corrected chi connectivity index (χ4v) is 5.44. The number of amides is 2. The average molecular weight is 488 g/mol. The van der Waals surface area contributed by atoms with Crippen LogP contribution >= 0.6 is 0 Å². The first-order valence-electron chi connectivity index (χ1n) is 12.7. The number of nitriles is 1. The lowest BCUT2D eigenvalue weighted by atomic mass is 9.73. The van der Waals surface area contributed by atoms with Gasteiger partial charge in [-0.3, -0.25) is 9.59 Å². The van der Waals surface area contributed by atoms with Gasteiger partial charge in [-0.05, 0) is 80.3 Å². The van der Waals surface area contributed by atoms with Crippen LogP contribution in [-0.2, 0) is 26.2 Å². The minimum atomic E-state index is -0.628. The molecule has 2 saturated heterocycles. The third kappa shape index (κ3) is 4.87. The van der Waals surface area contributed by atoms with Gasteiger partial charge < -0.3 is 25.6 Å². The second-order valence-electron chi connectivity index (χ2n) is 10.1. The molecule has 2 amide bonds. The molecular weight excluding hydrogens is 454 g/mol. The lowest BCUT2D eigenvalue weighted by Crippen LogP contribution is -2.46. The monoisotopic (exact) mass is 487 g/mol. The normalized spacial score (nSPS) is 22.2. The van der Waals surface area contributed by atoms with E-state index in [9.17, 15) is 14.9 Å². The van der Waals surface area contributed by atoms with Crippen LogP contribution in [-0.4, -0.2) is 68.7 Å². The first-order valence-corrected chi connectivity index (χ1v) is 12.7. The Kier molecular flexibility index (Phi) is 7.06. The fourth-order valence-electron chi connectivity index (χ4n) is 5.44. The summed E-state index contributed by atoms with van der Waals surface area (Å²) in [6.45, 7) is 3.64. The van der Waals surface area contributed by atoms with Crippen LogP contribution in [0.25, 0.3) is 11.1 Å². The van der Waals surface area contributed by atoms with Crippen LogP contribution in [0.4, 0.5) is 5.69 Å². The first kappa shape index (κ1) is 24.4. The quantitative estimate of drug-likeness (QED) is 0.597. The molecular formula is C28H33N5O3. The molecule has 3 N–H and O–H groups in total. The Labute approximate surface area is 212 Å². The van der Waals surface area contributed by atoms with Gasteiger partial charge in [-0.1, -0.05) is 30.3 Å². The Morgan fingerprint density at radius 1 is 1.22 bits per heavy atom. The van der Waals surface area contributed by atoms with Gasteiger partial charge in [0.25, 0.3) is 5.91 Å². The maximum Gasteiger partial charge on any atom is 0.251 e.